The van der Waals surface area contributed by atoms with Crippen molar-refractivity contribution in [3.63, 3.8) is 0 Å². The summed E-state index contributed by atoms with van der Waals surface area (Å²) in [7, 11) is 2.21. The topological polar surface area (TPSA) is 35.7 Å². The van der Waals surface area contributed by atoms with E-state index in [4.69, 9.17) is 5.73 Å². The highest BCUT2D eigenvalue weighted by atomic mass is 15.3. The number of nitrogens with zero attached hydrogens (tertiary/aromatic N) is 3. The monoisotopic (exact) mass is 270 g/mol. The Balaban J connectivity index is 2.48. The van der Waals surface area contributed by atoms with E-state index < -0.39 is 0 Å². The third kappa shape index (κ3) is 4.42. The van der Waals surface area contributed by atoms with Crippen LogP contribution in [0.3, 0.4) is 0 Å². The van der Waals surface area contributed by atoms with E-state index in [2.05, 4.69) is 42.5 Å². The molecule has 1 saturated heterocycles. The molecule has 4 nitrogen and oxygen atoms in total. The molecule has 1 rings (SSSR count). The van der Waals surface area contributed by atoms with Gasteiger partial charge in [-0.1, -0.05) is 20.8 Å². The van der Waals surface area contributed by atoms with Crippen molar-refractivity contribution in [2.24, 2.45) is 5.73 Å². The van der Waals surface area contributed by atoms with Crippen molar-refractivity contribution in [1.29, 1.82) is 0 Å². The molecule has 0 bridgehead atoms. The first-order valence-electron chi connectivity index (χ1n) is 7.97. The van der Waals surface area contributed by atoms with Crippen LogP contribution >= 0.6 is 0 Å². The first kappa shape index (κ1) is 16.9. The number of likely N-dealkylation sites (N-methyl/N-ethyl adjacent to an activating group) is 2. The molecule has 1 aliphatic rings. The van der Waals surface area contributed by atoms with Gasteiger partial charge in [-0.05, 0) is 59.2 Å². The molecule has 0 spiro atoms. The second-order valence-corrected chi connectivity index (χ2v) is 5.88. The normalized spacial score (nSPS) is 24.8. The molecule has 114 valence electrons. The molecule has 1 aliphatic heterocycles. The predicted molar refractivity (Wildman–Crippen MR) is 83.6 cm³/mol. The van der Waals surface area contributed by atoms with Gasteiger partial charge in [-0.2, -0.15) is 0 Å². The van der Waals surface area contributed by atoms with E-state index in [0.717, 1.165) is 32.7 Å². The minimum Gasteiger partial charge on any atom is -0.329 e. The third-order valence-corrected chi connectivity index (χ3v) is 4.75. The molecule has 0 amide bonds. The van der Waals surface area contributed by atoms with Crippen LogP contribution in [0, 0.1) is 0 Å². The standard InChI is InChI=1S/C15H34N4/c1-5-18(6-2)10-8-11-19(7-3)15(13-16)9-12-17(4)14-15/h5-14,16H2,1-4H3. The summed E-state index contributed by atoms with van der Waals surface area (Å²) < 4.78 is 0. The second-order valence-electron chi connectivity index (χ2n) is 5.88. The van der Waals surface area contributed by atoms with Crippen LogP contribution in [0.2, 0.25) is 0 Å². The van der Waals surface area contributed by atoms with E-state index in [-0.39, 0.29) is 5.54 Å². The fourth-order valence-corrected chi connectivity index (χ4v) is 3.37. The van der Waals surface area contributed by atoms with E-state index in [1.807, 2.05) is 0 Å². The maximum Gasteiger partial charge on any atom is 0.0470 e. The van der Waals surface area contributed by atoms with Crippen LogP contribution in [-0.2, 0) is 0 Å². The molecule has 0 aromatic heterocycles. The highest BCUT2D eigenvalue weighted by Gasteiger charge is 2.39. The molecule has 1 heterocycles. The zero-order chi connectivity index (χ0) is 14.3. The molecule has 0 aromatic rings. The molecule has 0 radical (unpaired) electrons. The van der Waals surface area contributed by atoms with Crippen molar-refractivity contribution in [1.82, 2.24) is 14.7 Å². The first-order chi connectivity index (χ1) is 9.11. The lowest BCUT2D eigenvalue weighted by Crippen LogP contribution is -2.56. The SMILES string of the molecule is CCN(CC)CCCN(CC)C1(CN)CCN(C)C1. The number of hydrogen-bond donors (Lipinski definition) is 1. The third-order valence-electron chi connectivity index (χ3n) is 4.75. The van der Waals surface area contributed by atoms with Crippen LogP contribution in [-0.4, -0.2) is 79.6 Å². The summed E-state index contributed by atoms with van der Waals surface area (Å²) in [4.78, 5) is 7.55. The lowest BCUT2D eigenvalue weighted by atomic mass is 9.95. The van der Waals surface area contributed by atoms with E-state index in [1.54, 1.807) is 0 Å². The molecule has 0 aliphatic carbocycles. The minimum absolute atomic E-state index is 0.229. The summed E-state index contributed by atoms with van der Waals surface area (Å²) in [6.07, 6.45) is 2.47. The first-order valence-corrected chi connectivity index (χ1v) is 7.97. The lowest BCUT2D eigenvalue weighted by Gasteiger charge is -2.40. The lowest BCUT2D eigenvalue weighted by molar-refractivity contribution is 0.101. The van der Waals surface area contributed by atoms with Crippen LogP contribution in [0.1, 0.15) is 33.6 Å². The molecule has 0 aromatic carbocycles. The Hall–Kier alpha value is -0.160. The van der Waals surface area contributed by atoms with Crippen LogP contribution < -0.4 is 5.73 Å². The maximum atomic E-state index is 6.11. The highest BCUT2D eigenvalue weighted by Crippen LogP contribution is 2.26. The average Bonchev–Trinajstić information content (AvgIpc) is 2.82. The average molecular weight is 270 g/mol. The summed E-state index contributed by atoms with van der Waals surface area (Å²) in [5.74, 6) is 0. The van der Waals surface area contributed by atoms with Gasteiger partial charge < -0.3 is 15.5 Å². The van der Waals surface area contributed by atoms with Crippen molar-refractivity contribution in [2.75, 3.05) is 59.4 Å². The highest BCUT2D eigenvalue weighted by molar-refractivity contribution is 4.99. The Morgan fingerprint density at radius 3 is 2.21 bits per heavy atom. The summed E-state index contributed by atoms with van der Waals surface area (Å²) in [5, 5.41) is 0. The fraction of sp³-hybridized carbons (Fsp3) is 1.00. The molecular weight excluding hydrogens is 236 g/mol. The summed E-state index contributed by atoms with van der Waals surface area (Å²) in [6, 6.07) is 0. The molecular formula is C15H34N4. The van der Waals surface area contributed by atoms with Crippen molar-refractivity contribution >= 4 is 0 Å². The van der Waals surface area contributed by atoms with Gasteiger partial charge in [-0.15, -0.1) is 0 Å². The van der Waals surface area contributed by atoms with Gasteiger partial charge in [0, 0.05) is 18.6 Å². The van der Waals surface area contributed by atoms with Gasteiger partial charge in [0.05, 0.1) is 0 Å². The van der Waals surface area contributed by atoms with Crippen LogP contribution in [0.25, 0.3) is 0 Å². The predicted octanol–water partition coefficient (Wildman–Crippen LogP) is 1.07. The fourth-order valence-electron chi connectivity index (χ4n) is 3.37. The Labute approximate surface area is 119 Å². The van der Waals surface area contributed by atoms with Gasteiger partial charge in [0.25, 0.3) is 0 Å². The van der Waals surface area contributed by atoms with Crippen LogP contribution in [0.4, 0.5) is 0 Å². The maximum absolute atomic E-state index is 6.11. The molecule has 1 fully saturated rings. The summed E-state index contributed by atoms with van der Waals surface area (Å²) >= 11 is 0. The molecule has 1 atom stereocenters. The van der Waals surface area contributed by atoms with Gasteiger partial charge >= 0.3 is 0 Å². The Kier molecular flexibility index (Phi) is 7.29. The number of nitrogens with two attached hydrogens (primary N) is 1. The van der Waals surface area contributed by atoms with Gasteiger partial charge in [-0.3, -0.25) is 4.90 Å². The van der Waals surface area contributed by atoms with Gasteiger partial charge in [0.15, 0.2) is 0 Å². The zero-order valence-corrected chi connectivity index (χ0v) is 13.5. The largest absolute Gasteiger partial charge is 0.329 e. The van der Waals surface area contributed by atoms with Gasteiger partial charge in [-0.25, -0.2) is 0 Å². The number of hydrogen-bond acceptors (Lipinski definition) is 4. The van der Waals surface area contributed by atoms with Gasteiger partial charge in [0.2, 0.25) is 0 Å². The summed E-state index contributed by atoms with van der Waals surface area (Å²) in [5.41, 5.74) is 6.34. The molecule has 1 unspecified atom stereocenters. The van der Waals surface area contributed by atoms with Crippen molar-refractivity contribution in [3.8, 4) is 0 Å². The van der Waals surface area contributed by atoms with E-state index in [9.17, 15) is 0 Å². The Morgan fingerprint density at radius 1 is 1.11 bits per heavy atom. The zero-order valence-electron chi connectivity index (χ0n) is 13.5. The van der Waals surface area contributed by atoms with E-state index in [0.29, 0.717) is 0 Å². The molecule has 0 saturated carbocycles. The summed E-state index contributed by atoms with van der Waals surface area (Å²) in [6.45, 7) is 15.7. The number of rotatable bonds is 9. The van der Waals surface area contributed by atoms with Crippen molar-refractivity contribution in [2.45, 2.75) is 39.2 Å². The Morgan fingerprint density at radius 2 is 1.79 bits per heavy atom. The minimum atomic E-state index is 0.229. The second kappa shape index (κ2) is 8.20. The van der Waals surface area contributed by atoms with Gasteiger partial charge in [0.1, 0.15) is 0 Å². The van der Waals surface area contributed by atoms with E-state index >= 15 is 0 Å². The van der Waals surface area contributed by atoms with Crippen LogP contribution in [0.5, 0.6) is 0 Å². The quantitative estimate of drug-likeness (QED) is 0.680. The number of likely N-dealkylation sites (tertiary alicyclic amines) is 1. The molecule has 4 heteroatoms. The van der Waals surface area contributed by atoms with Crippen molar-refractivity contribution < 1.29 is 0 Å². The molecule has 2 N–H and O–H groups in total. The Bertz CT molecular complexity index is 242. The smallest absolute Gasteiger partial charge is 0.0470 e. The van der Waals surface area contributed by atoms with Crippen molar-refractivity contribution in [3.05, 3.63) is 0 Å². The molecule has 19 heavy (non-hydrogen) atoms. The van der Waals surface area contributed by atoms with Crippen LogP contribution in [0.15, 0.2) is 0 Å². The van der Waals surface area contributed by atoms with E-state index in [1.165, 1.54) is 32.5 Å².